The van der Waals surface area contributed by atoms with Crippen molar-refractivity contribution in [3.63, 3.8) is 0 Å². The summed E-state index contributed by atoms with van der Waals surface area (Å²) in [5.41, 5.74) is 1.23. The molecule has 5 rings (SSSR count). The van der Waals surface area contributed by atoms with Gasteiger partial charge in [-0.15, -0.1) is 11.3 Å². The molecule has 1 aromatic carbocycles. The molecular weight excluding hydrogens is 429 g/mol. The van der Waals surface area contributed by atoms with E-state index in [1.807, 2.05) is 12.3 Å². The van der Waals surface area contributed by atoms with Gasteiger partial charge in [0.2, 0.25) is 0 Å². The van der Waals surface area contributed by atoms with Gasteiger partial charge in [-0.1, -0.05) is 38.5 Å². The normalized spacial score (nSPS) is 14.9. The molecule has 1 saturated heterocycles. The third kappa shape index (κ3) is 4.76. The third-order valence-corrected chi connectivity index (χ3v) is 7.57. The number of thiazole rings is 1. The standard InChI is InChI=1S/C20H22FN5S2.C3H8/c1-3-22-14-4-6-26(7-5-14)17-10-16-20(28-17)23-19(27-16)12-8-13-11-25(2)24-18(13)15(21)9-12;1-3-2/h8-11,14,22H,3-7H2,1-2H3;3H2,1-2H3. The molecule has 1 aliphatic heterocycles. The third-order valence-electron chi connectivity index (χ3n) is 5.30. The van der Waals surface area contributed by atoms with Crippen molar-refractivity contribution in [2.75, 3.05) is 24.5 Å². The van der Waals surface area contributed by atoms with E-state index in [0.717, 1.165) is 40.4 Å². The number of hydrogen-bond donors (Lipinski definition) is 1. The second-order valence-electron chi connectivity index (χ2n) is 8.00. The molecule has 1 N–H and O–H groups in total. The minimum atomic E-state index is -0.295. The van der Waals surface area contributed by atoms with E-state index in [-0.39, 0.29) is 5.82 Å². The summed E-state index contributed by atoms with van der Waals surface area (Å²) in [5, 5.41) is 10.7. The monoisotopic (exact) mass is 459 g/mol. The summed E-state index contributed by atoms with van der Waals surface area (Å²) in [6.07, 6.45) is 5.46. The van der Waals surface area contributed by atoms with E-state index in [9.17, 15) is 4.39 Å². The number of fused-ring (bicyclic) bond motifs is 2. The first kappa shape index (κ1) is 22.2. The smallest absolute Gasteiger partial charge is 0.152 e. The highest BCUT2D eigenvalue weighted by Crippen LogP contribution is 2.40. The average molecular weight is 460 g/mol. The van der Waals surface area contributed by atoms with Gasteiger partial charge in [-0.2, -0.15) is 5.10 Å². The van der Waals surface area contributed by atoms with Crippen LogP contribution in [-0.2, 0) is 7.05 Å². The summed E-state index contributed by atoms with van der Waals surface area (Å²) < 4.78 is 17.2. The van der Waals surface area contributed by atoms with Crippen molar-refractivity contribution in [1.29, 1.82) is 0 Å². The fraction of sp³-hybridized carbons (Fsp3) is 0.478. The number of halogens is 1. The van der Waals surface area contributed by atoms with Gasteiger partial charge in [0, 0.05) is 43.3 Å². The molecule has 1 aliphatic rings. The lowest BCUT2D eigenvalue weighted by molar-refractivity contribution is 0.425. The molecule has 166 valence electrons. The quantitative estimate of drug-likeness (QED) is 0.404. The molecule has 5 nitrogen and oxygen atoms in total. The summed E-state index contributed by atoms with van der Waals surface area (Å²) in [4.78, 5) is 8.31. The van der Waals surface area contributed by atoms with Gasteiger partial charge < -0.3 is 10.2 Å². The highest BCUT2D eigenvalue weighted by molar-refractivity contribution is 7.30. The number of hydrogen-bond acceptors (Lipinski definition) is 6. The number of aromatic nitrogens is 3. The lowest BCUT2D eigenvalue weighted by Crippen LogP contribution is -2.42. The maximum Gasteiger partial charge on any atom is 0.152 e. The van der Waals surface area contributed by atoms with Gasteiger partial charge in [-0.05, 0) is 37.6 Å². The van der Waals surface area contributed by atoms with Crippen LogP contribution >= 0.6 is 22.7 Å². The summed E-state index contributed by atoms with van der Waals surface area (Å²) in [7, 11) is 1.81. The van der Waals surface area contributed by atoms with E-state index in [0.29, 0.717) is 11.6 Å². The zero-order chi connectivity index (χ0) is 22.0. The minimum absolute atomic E-state index is 0.295. The molecular formula is C23H30FN5S2. The molecule has 8 heteroatoms. The molecule has 3 aromatic heterocycles. The lowest BCUT2D eigenvalue weighted by Gasteiger charge is -2.32. The Kier molecular flexibility index (Phi) is 6.89. The largest absolute Gasteiger partial charge is 0.363 e. The Bertz CT molecular complexity index is 1120. The first-order valence-electron chi connectivity index (χ1n) is 11.0. The van der Waals surface area contributed by atoms with Crippen LogP contribution in [0.15, 0.2) is 24.4 Å². The van der Waals surface area contributed by atoms with Crippen LogP contribution in [0.25, 0.3) is 31.0 Å². The Balaban J connectivity index is 0.000000730. The molecule has 0 aliphatic carbocycles. The molecule has 0 spiro atoms. The average Bonchev–Trinajstić information content (AvgIpc) is 3.42. The van der Waals surface area contributed by atoms with Crippen molar-refractivity contribution in [1.82, 2.24) is 20.1 Å². The molecule has 4 heterocycles. The summed E-state index contributed by atoms with van der Waals surface area (Å²) >= 11 is 3.37. The van der Waals surface area contributed by atoms with Crippen LogP contribution in [0.4, 0.5) is 9.39 Å². The molecule has 0 bridgehead atoms. The SMILES string of the molecule is CCC.CCNC1CCN(c2cc3sc(-c4cc(F)c5nn(C)cc5c4)nc3s2)CC1. The van der Waals surface area contributed by atoms with Crippen LogP contribution in [0.5, 0.6) is 0 Å². The van der Waals surface area contributed by atoms with Crippen molar-refractivity contribution in [3.05, 3.63) is 30.2 Å². The van der Waals surface area contributed by atoms with Gasteiger partial charge in [0.15, 0.2) is 5.82 Å². The van der Waals surface area contributed by atoms with Crippen molar-refractivity contribution in [2.24, 2.45) is 7.05 Å². The number of anilines is 1. The zero-order valence-corrected chi connectivity index (χ0v) is 20.2. The highest BCUT2D eigenvalue weighted by atomic mass is 32.1. The molecule has 4 aromatic rings. The minimum Gasteiger partial charge on any atom is -0.363 e. The van der Waals surface area contributed by atoms with Crippen molar-refractivity contribution in [3.8, 4) is 10.6 Å². The summed E-state index contributed by atoms with van der Waals surface area (Å²) in [6.45, 7) is 9.63. The zero-order valence-electron chi connectivity index (χ0n) is 18.6. The van der Waals surface area contributed by atoms with E-state index in [2.05, 4.69) is 42.2 Å². The van der Waals surface area contributed by atoms with Gasteiger partial charge in [0.25, 0.3) is 0 Å². The maximum atomic E-state index is 14.4. The number of rotatable bonds is 4. The van der Waals surface area contributed by atoms with Gasteiger partial charge in [-0.25, -0.2) is 9.37 Å². The Hall–Kier alpha value is -2.03. The van der Waals surface area contributed by atoms with Gasteiger partial charge >= 0.3 is 0 Å². The van der Waals surface area contributed by atoms with Crippen LogP contribution in [0.2, 0.25) is 0 Å². The number of thiophene rings is 1. The van der Waals surface area contributed by atoms with E-state index < -0.39 is 0 Å². The first-order valence-corrected chi connectivity index (χ1v) is 12.7. The van der Waals surface area contributed by atoms with Gasteiger partial charge in [0.05, 0.1) is 9.70 Å². The van der Waals surface area contributed by atoms with E-state index in [1.165, 1.54) is 29.0 Å². The fourth-order valence-corrected chi connectivity index (χ4v) is 6.18. The number of nitrogens with zero attached hydrogens (tertiary/aromatic N) is 4. The fourth-order valence-electron chi connectivity index (χ4n) is 3.93. The predicted molar refractivity (Wildman–Crippen MR) is 132 cm³/mol. The lowest BCUT2D eigenvalue weighted by atomic mass is 10.1. The van der Waals surface area contributed by atoms with E-state index >= 15 is 0 Å². The van der Waals surface area contributed by atoms with Crippen LogP contribution < -0.4 is 10.2 Å². The number of benzene rings is 1. The van der Waals surface area contributed by atoms with Crippen LogP contribution in [0.1, 0.15) is 40.0 Å². The number of nitrogens with one attached hydrogen (secondary N) is 1. The molecule has 0 saturated carbocycles. The van der Waals surface area contributed by atoms with Crippen LogP contribution in [0, 0.1) is 5.82 Å². The predicted octanol–water partition coefficient (Wildman–Crippen LogP) is 6.05. The Labute approximate surface area is 190 Å². The van der Waals surface area contributed by atoms with Crippen molar-refractivity contribution < 1.29 is 4.39 Å². The first-order chi connectivity index (χ1) is 15.0. The van der Waals surface area contributed by atoms with Crippen molar-refractivity contribution >= 4 is 48.1 Å². The van der Waals surface area contributed by atoms with E-state index in [4.69, 9.17) is 4.98 Å². The summed E-state index contributed by atoms with van der Waals surface area (Å²) in [5.74, 6) is -0.295. The molecule has 0 radical (unpaired) electrons. The van der Waals surface area contributed by atoms with Crippen LogP contribution in [-0.4, -0.2) is 40.4 Å². The number of aryl methyl sites for hydroxylation is 1. The maximum absolute atomic E-state index is 14.4. The second kappa shape index (κ2) is 9.63. The number of piperidine rings is 1. The molecule has 0 amide bonds. The molecule has 0 atom stereocenters. The molecule has 31 heavy (non-hydrogen) atoms. The second-order valence-corrected chi connectivity index (χ2v) is 10.0. The Morgan fingerprint density at radius 2 is 1.87 bits per heavy atom. The Morgan fingerprint density at radius 3 is 2.55 bits per heavy atom. The Morgan fingerprint density at radius 1 is 1.13 bits per heavy atom. The van der Waals surface area contributed by atoms with Gasteiger partial charge in [0.1, 0.15) is 15.4 Å². The molecule has 1 fully saturated rings. The van der Waals surface area contributed by atoms with Crippen molar-refractivity contribution in [2.45, 2.75) is 46.1 Å². The highest BCUT2D eigenvalue weighted by Gasteiger charge is 2.21. The topological polar surface area (TPSA) is 46.0 Å². The summed E-state index contributed by atoms with van der Waals surface area (Å²) in [6, 6.07) is 6.40. The van der Waals surface area contributed by atoms with Gasteiger partial charge in [-0.3, -0.25) is 4.68 Å². The molecule has 0 unspecified atom stereocenters. The van der Waals surface area contributed by atoms with Crippen LogP contribution in [0.3, 0.4) is 0 Å². The van der Waals surface area contributed by atoms with E-state index in [1.54, 1.807) is 40.5 Å².